The van der Waals surface area contributed by atoms with Gasteiger partial charge in [-0.2, -0.15) is 0 Å². The second kappa shape index (κ2) is 6.89. The zero-order valence-electron chi connectivity index (χ0n) is 12.5. The van der Waals surface area contributed by atoms with Crippen molar-refractivity contribution >= 4 is 11.8 Å². The summed E-state index contributed by atoms with van der Waals surface area (Å²) in [6.07, 6.45) is 1.26. The molecule has 0 bridgehead atoms. The fourth-order valence-electron chi connectivity index (χ4n) is 2.28. The van der Waals surface area contributed by atoms with Gasteiger partial charge in [0, 0.05) is 25.0 Å². The first-order valence-corrected chi connectivity index (χ1v) is 7.07. The van der Waals surface area contributed by atoms with Crippen LogP contribution in [0, 0.1) is 11.8 Å². The Morgan fingerprint density at radius 3 is 2.53 bits per heavy atom. The number of piperidine rings is 1. The van der Waals surface area contributed by atoms with Gasteiger partial charge in [-0.3, -0.25) is 9.59 Å². The molecule has 0 aromatic rings. The maximum Gasteiger partial charge on any atom is 0.224 e. The number of carbonyl (C=O) groups is 2. The molecule has 2 unspecified atom stereocenters. The van der Waals surface area contributed by atoms with Crippen molar-refractivity contribution in [2.75, 3.05) is 19.6 Å². The average molecular weight is 269 g/mol. The van der Waals surface area contributed by atoms with Crippen molar-refractivity contribution in [1.82, 2.24) is 16.0 Å². The largest absolute Gasteiger partial charge is 0.355 e. The van der Waals surface area contributed by atoms with Crippen molar-refractivity contribution in [1.29, 1.82) is 0 Å². The van der Waals surface area contributed by atoms with Gasteiger partial charge in [0.15, 0.2) is 0 Å². The van der Waals surface area contributed by atoms with Crippen LogP contribution in [0.25, 0.3) is 0 Å². The third-order valence-electron chi connectivity index (χ3n) is 3.11. The second-order valence-electron chi connectivity index (χ2n) is 6.54. The summed E-state index contributed by atoms with van der Waals surface area (Å²) in [6, 6.07) is 0. The molecule has 5 heteroatoms. The Balaban J connectivity index is 2.21. The first-order valence-electron chi connectivity index (χ1n) is 7.07. The van der Waals surface area contributed by atoms with Crippen molar-refractivity contribution in [3.05, 3.63) is 0 Å². The maximum atomic E-state index is 11.9. The van der Waals surface area contributed by atoms with Crippen LogP contribution >= 0.6 is 0 Å². The summed E-state index contributed by atoms with van der Waals surface area (Å²) in [4.78, 5) is 23.5. The molecule has 5 nitrogen and oxygen atoms in total. The van der Waals surface area contributed by atoms with E-state index in [2.05, 4.69) is 22.9 Å². The Hall–Kier alpha value is -1.10. The molecular weight excluding hydrogens is 242 g/mol. The highest BCUT2D eigenvalue weighted by Gasteiger charge is 2.24. The normalized spacial score (nSPS) is 23.8. The van der Waals surface area contributed by atoms with Gasteiger partial charge < -0.3 is 16.0 Å². The van der Waals surface area contributed by atoms with Crippen LogP contribution in [0.3, 0.4) is 0 Å². The highest BCUT2D eigenvalue weighted by molar-refractivity contribution is 5.81. The third kappa shape index (κ3) is 6.57. The quantitative estimate of drug-likeness (QED) is 0.702. The van der Waals surface area contributed by atoms with Crippen LogP contribution in [-0.2, 0) is 9.59 Å². The topological polar surface area (TPSA) is 70.2 Å². The lowest BCUT2D eigenvalue weighted by molar-refractivity contribution is -0.126. The molecule has 0 saturated carbocycles. The van der Waals surface area contributed by atoms with Crippen LogP contribution in [-0.4, -0.2) is 37.0 Å². The van der Waals surface area contributed by atoms with Crippen LogP contribution in [0.4, 0.5) is 0 Å². The van der Waals surface area contributed by atoms with Crippen LogP contribution in [0.1, 0.15) is 40.5 Å². The summed E-state index contributed by atoms with van der Waals surface area (Å²) in [7, 11) is 0. The third-order valence-corrected chi connectivity index (χ3v) is 3.11. The van der Waals surface area contributed by atoms with Gasteiger partial charge in [0.05, 0.1) is 5.92 Å². The van der Waals surface area contributed by atoms with Gasteiger partial charge in [-0.1, -0.05) is 6.92 Å². The Morgan fingerprint density at radius 1 is 1.26 bits per heavy atom. The van der Waals surface area contributed by atoms with E-state index in [4.69, 9.17) is 0 Å². The molecule has 0 aromatic carbocycles. The van der Waals surface area contributed by atoms with Gasteiger partial charge in [-0.15, -0.1) is 0 Å². The van der Waals surface area contributed by atoms with Gasteiger partial charge in [0.25, 0.3) is 0 Å². The SMILES string of the molecule is CC1CNCC(C(=O)NCCC(=O)NC(C)(C)C)C1. The molecule has 1 fully saturated rings. The predicted molar refractivity (Wildman–Crippen MR) is 75.7 cm³/mol. The molecule has 1 rings (SSSR count). The zero-order valence-corrected chi connectivity index (χ0v) is 12.5. The number of rotatable bonds is 4. The number of hydrogen-bond acceptors (Lipinski definition) is 3. The van der Waals surface area contributed by atoms with E-state index in [-0.39, 0.29) is 23.3 Å². The number of carbonyl (C=O) groups excluding carboxylic acids is 2. The summed E-state index contributed by atoms with van der Waals surface area (Å²) < 4.78 is 0. The van der Waals surface area contributed by atoms with Crippen LogP contribution in [0.2, 0.25) is 0 Å². The minimum atomic E-state index is -0.218. The summed E-state index contributed by atoms with van der Waals surface area (Å²) in [5.41, 5.74) is -0.218. The molecule has 2 amide bonds. The van der Waals surface area contributed by atoms with Crippen molar-refractivity contribution in [3.8, 4) is 0 Å². The molecule has 0 spiro atoms. The molecule has 0 aliphatic carbocycles. The fraction of sp³-hybridized carbons (Fsp3) is 0.857. The van der Waals surface area contributed by atoms with Crippen molar-refractivity contribution in [2.45, 2.75) is 46.1 Å². The average Bonchev–Trinajstić information content (AvgIpc) is 2.26. The van der Waals surface area contributed by atoms with Crippen LogP contribution < -0.4 is 16.0 Å². The lowest BCUT2D eigenvalue weighted by atomic mass is 9.91. The molecular formula is C14H27N3O2. The van der Waals surface area contributed by atoms with Crippen molar-refractivity contribution < 1.29 is 9.59 Å². The van der Waals surface area contributed by atoms with E-state index in [1.165, 1.54) is 0 Å². The highest BCUT2D eigenvalue weighted by Crippen LogP contribution is 2.15. The van der Waals surface area contributed by atoms with Gasteiger partial charge in [0.2, 0.25) is 11.8 Å². The molecule has 0 radical (unpaired) electrons. The first kappa shape index (κ1) is 16.0. The monoisotopic (exact) mass is 269 g/mol. The fourth-order valence-corrected chi connectivity index (χ4v) is 2.28. The van der Waals surface area contributed by atoms with E-state index in [0.29, 0.717) is 18.9 Å². The Bertz CT molecular complexity index is 323. The summed E-state index contributed by atoms with van der Waals surface area (Å²) in [5.74, 6) is 0.605. The van der Waals surface area contributed by atoms with Crippen LogP contribution in [0.5, 0.6) is 0 Å². The smallest absolute Gasteiger partial charge is 0.224 e. The first-order chi connectivity index (χ1) is 8.78. The lowest BCUT2D eigenvalue weighted by Gasteiger charge is -2.27. The van der Waals surface area contributed by atoms with Crippen molar-refractivity contribution in [3.63, 3.8) is 0 Å². The lowest BCUT2D eigenvalue weighted by Crippen LogP contribution is -2.45. The molecule has 1 heterocycles. The van der Waals surface area contributed by atoms with Crippen molar-refractivity contribution in [2.24, 2.45) is 11.8 Å². The van der Waals surface area contributed by atoms with E-state index in [1.54, 1.807) is 0 Å². The maximum absolute atomic E-state index is 11.9. The molecule has 1 saturated heterocycles. The van der Waals surface area contributed by atoms with Gasteiger partial charge in [-0.05, 0) is 39.7 Å². The van der Waals surface area contributed by atoms with Gasteiger partial charge >= 0.3 is 0 Å². The number of nitrogens with one attached hydrogen (secondary N) is 3. The highest BCUT2D eigenvalue weighted by atomic mass is 16.2. The summed E-state index contributed by atoms with van der Waals surface area (Å²) in [6.45, 7) is 10.1. The molecule has 1 aliphatic heterocycles. The van der Waals surface area contributed by atoms with Gasteiger partial charge in [-0.25, -0.2) is 0 Å². The van der Waals surface area contributed by atoms with Crippen LogP contribution in [0.15, 0.2) is 0 Å². The Morgan fingerprint density at radius 2 is 1.95 bits per heavy atom. The molecule has 1 aliphatic rings. The van der Waals surface area contributed by atoms with E-state index >= 15 is 0 Å². The second-order valence-corrected chi connectivity index (χ2v) is 6.54. The molecule has 0 aromatic heterocycles. The van der Waals surface area contributed by atoms with E-state index in [0.717, 1.165) is 19.5 Å². The molecule has 110 valence electrons. The minimum Gasteiger partial charge on any atom is -0.355 e. The predicted octanol–water partition coefficient (Wildman–Crippen LogP) is 0.653. The zero-order chi connectivity index (χ0) is 14.5. The molecule has 2 atom stereocenters. The number of hydrogen-bond donors (Lipinski definition) is 3. The van der Waals surface area contributed by atoms with E-state index < -0.39 is 0 Å². The Labute approximate surface area is 115 Å². The molecule has 3 N–H and O–H groups in total. The van der Waals surface area contributed by atoms with E-state index in [1.807, 2.05) is 20.8 Å². The summed E-state index contributed by atoms with van der Waals surface area (Å²) in [5, 5.41) is 8.98. The Kier molecular flexibility index (Phi) is 5.79. The minimum absolute atomic E-state index is 0.0251. The number of amides is 2. The standard InChI is InChI=1S/C14H27N3O2/c1-10-7-11(9-15-8-10)13(19)16-6-5-12(18)17-14(2,3)4/h10-11,15H,5-9H2,1-4H3,(H,16,19)(H,17,18). The summed E-state index contributed by atoms with van der Waals surface area (Å²) >= 11 is 0. The molecule has 19 heavy (non-hydrogen) atoms. The van der Waals surface area contributed by atoms with E-state index in [9.17, 15) is 9.59 Å². The van der Waals surface area contributed by atoms with Gasteiger partial charge in [0.1, 0.15) is 0 Å².